The molecule has 5 unspecified atom stereocenters. The van der Waals surface area contributed by atoms with Crippen LogP contribution in [0.2, 0.25) is 0 Å². The summed E-state index contributed by atoms with van der Waals surface area (Å²) in [6.07, 6.45) is 0.408. The molecular weight excluding hydrogens is 656 g/mol. The van der Waals surface area contributed by atoms with Gasteiger partial charge in [0.25, 0.3) is 0 Å². The minimum atomic E-state index is -0.509. The van der Waals surface area contributed by atoms with Crippen LogP contribution >= 0.6 is 50.3 Å². The highest BCUT2D eigenvalue weighted by molar-refractivity contribution is 14.1. The Balaban J connectivity index is 1.45. The number of rotatable bonds is 8. The van der Waals surface area contributed by atoms with Crippen molar-refractivity contribution in [3.8, 4) is 22.6 Å². The standard InChI is InChI=1S/C31H28IO4P3/c32-25-9-17(10-26(37)29(25)35-15-19-13-33-19)31(18-11-27(38)30(28(39)12-18)36-16-20-14-34-20)23-7-3-1-5-21(23)22-6-2-4-8-24(22)31/h1-12,19-20H,13-16,37-39H2. The second kappa shape index (κ2) is 10.4. The van der Waals surface area contributed by atoms with Gasteiger partial charge in [-0.3, -0.25) is 0 Å². The first-order valence-corrected chi connectivity index (χ1v) is 15.7. The van der Waals surface area contributed by atoms with Crippen molar-refractivity contribution in [3.05, 3.63) is 98.6 Å². The summed E-state index contributed by atoms with van der Waals surface area (Å²) >= 11 is 2.41. The zero-order chi connectivity index (χ0) is 26.7. The van der Waals surface area contributed by atoms with Crippen LogP contribution in [0.5, 0.6) is 11.5 Å². The molecule has 1 aliphatic carbocycles. The van der Waals surface area contributed by atoms with Crippen molar-refractivity contribution in [2.24, 2.45) is 0 Å². The van der Waals surface area contributed by atoms with Crippen molar-refractivity contribution < 1.29 is 18.9 Å². The lowest BCUT2D eigenvalue weighted by Crippen LogP contribution is -2.32. The van der Waals surface area contributed by atoms with E-state index in [1.165, 1.54) is 33.4 Å². The monoisotopic (exact) mass is 684 g/mol. The van der Waals surface area contributed by atoms with Crippen LogP contribution in [0.1, 0.15) is 22.3 Å². The van der Waals surface area contributed by atoms with Gasteiger partial charge in [-0.25, -0.2) is 0 Å². The third kappa shape index (κ3) is 4.64. The van der Waals surface area contributed by atoms with E-state index in [4.69, 9.17) is 18.9 Å². The van der Waals surface area contributed by atoms with E-state index in [0.717, 1.165) is 44.2 Å². The van der Waals surface area contributed by atoms with Crippen molar-refractivity contribution in [1.82, 2.24) is 0 Å². The number of epoxide rings is 2. The molecule has 198 valence electrons. The fraction of sp³-hybridized carbons (Fsp3) is 0.226. The fourth-order valence-corrected chi connectivity index (χ4v) is 8.29. The minimum Gasteiger partial charge on any atom is -0.489 e. The van der Waals surface area contributed by atoms with Gasteiger partial charge in [0, 0.05) is 15.9 Å². The van der Waals surface area contributed by atoms with E-state index >= 15 is 0 Å². The number of benzene rings is 4. The van der Waals surface area contributed by atoms with Gasteiger partial charge in [0.1, 0.15) is 36.9 Å². The average Bonchev–Trinajstić information content (AvgIpc) is 3.86. The van der Waals surface area contributed by atoms with Crippen molar-refractivity contribution in [2.75, 3.05) is 26.4 Å². The molecular formula is C31H28IO4P3. The summed E-state index contributed by atoms with van der Waals surface area (Å²) in [5.74, 6) is 1.78. The summed E-state index contributed by atoms with van der Waals surface area (Å²) in [7, 11) is 8.72. The van der Waals surface area contributed by atoms with E-state index in [2.05, 4.69) is 123 Å². The van der Waals surface area contributed by atoms with Crippen LogP contribution in [0.15, 0.2) is 72.8 Å². The van der Waals surface area contributed by atoms with Crippen LogP contribution in [0.4, 0.5) is 0 Å². The van der Waals surface area contributed by atoms with Gasteiger partial charge in [-0.15, -0.1) is 27.7 Å². The molecule has 0 amide bonds. The van der Waals surface area contributed by atoms with Crippen LogP contribution < -0.4 is 25.4 Å². The molecule has 39 heavy (non-hydrogen) atoms. The summed E-state index contributed by atoms with van der Waals surface area (Å²) in [6, 6.07) is 26.7. The molecule has 4 nitrogen and oxygen atoms in total. The van der Waals surface area contributed by atoms with Crippen LogP contribution in [0.3, 0.4) is 0 Å². The lowest BCUT2D eigenvalue weighted by atomic mass is 9.67. The number of hydrogen-bond donors (Lipinski definition) is 0. The van der Waals surface area contributed by atoms with Crippen LogP contribution in [0.25, 0.3) is 11.1 Å². The molecule has 3 aliphatic rings. The van der Waals surface area contributed by atoms with E-state index in [1.807, 2.05) is 0 Å². The quantitative estimate of drug-likeness (QED) is 0.135. The van der Waals surface area contributed by atoms with Gasteiger partial charge in [-0.2, -0.15) is 0 Å². The summed E-state index contributed by atoms with van der Waals surface area (Å²) in [5.41, 5.74) is 6.98. The molecule has 2 aliphatic heterocycles. The third-order valence-corrected chi connectivity index (χ3v) is 9.76. The van der Waals surface area contributed by atoms with E-state index in [-0.39, 0.29) is 12.2 Å². The van der Waals surface area contributed by atoms with Crippen LogP contribution in [-0.4, -0.2) is 38.6 Å². The Morgan fingerprint density at radius 3 is 1.62 bits per heavy atom. The highest BCUT2D eigenvalue weighted by atomic mass is 127. The van der Waals surface area contributed by atoms with Crippen molar-refractivity contribution in [1.29, 1.82) is 0 Å². The van der Waals surface area contributed by atoms with Gasteiger partial charge in [-0.05, 0) is 80.2 Å². The summed E-state index contributed by atoms with van der Waals surface area (Å²) in [5, 5.41) is 3.11. The second-order valence-corrected chi connectivity index (χ2v) is 13.3. The minimum absolute atomic E-state index is 0.202. The Labute approximate surface area is 249 Å². The normalized spacial score (nSPS) is 19.8. The maximum atomic E-state index is 6.21. The summed E-state index contributed by atoms with van der Waals surface area (Å²) in [4.78, 5) is 0. The number of halogens is 1. The highest BCUT2D eigenvalue weighted by Gasteiger charge is 2.46. The Kier molecular flexibility index (Phi) is 6.99. The second-order valence-electron chi connectivity index (χ2n) is 10.2. The van der Waals surface area contributed by atoms with Crippen LogP contribution in [0, 0.1) is 3.57 Å². The maximum Gasteiger partial charge on any atom is 0.139 e. The van der Waals surface area contributed by atoms with Gasteiger partial charge >= 0.3 is 0 Å². The first-order valence-electron chi connectivity index (χ1n) is 12.9. The first kappa shape index (κ1) is 26.3. The summed E-state index contributed by atoms with van der Waals surface area (Å²) < 4.78 is 24.2. The molecule has 0 saturated carbocycles. The topological polar surface area (TPSA) is 43.5 Å². The predicted molar refractivity (Wildman–Crippen MR) is 175 cm³/mol. The van der Waals surface area contributed by atoms with Crippen LogP contribution in [-0.2, 0) is 14.9 Å². The van der Waals surface area contributed by atoms with E-state index < -0.39 is 5.41 Å². The van der Waals surface area contributed by atoms with E-state index in [1.54, 1.807) is 0 Å². The Morgan fingerprint density at radius 1 is 0.692 bits per heavy atom. The smallest absolute Gasteiger partial charge is 0.139 e. The Bertz CT molecular complexity index is 1430. The molecule has 7 rings (SSSR count). The van der Waals surface area contributed by atoms with Gasteiger partial charge in [0.2, 0.25) is 0 Å². The molecule has 0 radical (unpaired) electrons. The van der Waals surface area contributed by atoms with Crippen molar-refractivity contribution >= 4 is 66.2 Å². The molecule has 0 bridgehead atoms. The number of fused-ring (bicyclic) bond motifs is 3. The van der Waals surface area contributed by atoms with Gasteiger partial charge < -0.3 is 18.9 Å². The third-order valence-electron chi connectivity index (χ3n) is 7.67. The Morgan fingerprint density at radius 2 is 1.13 bits per heavy atom. The zero-order valence-electron chi connectivity index (χ0n) is 21.2. The predicted octanol–water partition coefficient (Wildman–Crippen LogP) is 4.71. The molecule has 4 aromatic rings. The molecule has 2 fully saturated rings. The van der Waals surface area contributed by atoms with E-state index in [9.17, 15) is 0 Å². The summed E-state index contributed by atoms with van der Waals surface area (Å²) in [6.45, 7) is 2.70. The van der Waals surface area contributed by atoms with Gasteiger partial charge in [0.05, 0.1) is 22.2 Å². The first-order chi connectivity index (χ1) is 19.0. The maximum absolute atomic E-state index is 6.21. The SMILES string of the molecule is Pc1cc(C2(c3cc(P)c(OCC4CO4)c(I)c3)c3ccccc3-c3ccccc32)cc(P)c1OCC1CO1. The largest absolute Gasteiger partial charge is 0.489 e. The fourth-order valence-electron chi connectivity index (χ4n) is 5.75. The van der Waals surface area contributed by atoms with Crippen molar-refractivity contribution in [3.63, 3.8) is 0 Å². The lowest BCUT2D eigenvalue weighted by Gasteiger charge is -2.35. The molecule has 5 atom stereocenters. The van der Waals surface area contributed by atoms with Gasteiger partial charge in [0.15, 0.2) is 0 Å². The zero-order valence-corrected chi connectivity index (χ0v) is 26.8. The Hall–Kier alpha value is -1.58. The molecule has 8 heteroatoms. The van der Waals surface area contributed by atoms with E-state index in [0.29, 0.717) is 13.2 Å². The molecule has 4 aromatic carbocycles. The average molecular weight is 684 g/mol. The van der Waals surface area contributed by atoms with Crippen molar-refractivity contribution in [2.45, 2.75) is 17.6 Å². The lowest BCUT2D eigenvalue weighted by molar-refractivity contribution is 0.263. The molecule has 2 heterocycles. The highest BCUT2D eigenvalue weighted by Crippen LogP contribution is 2.56. The number of hydrogen-bond acceptors (Lipinski definition) is 4. The van der Waals surface area contributed by atoms with Gasteiger partial charge in [-0.1, -0.05) is 48.5 Å². The molecule has 2 saturated heterocycles. The molecule has 0 aromatic heterocycles. The molecule has 0 N–H and O–H groups in total. The molecule has 0 spiro atoms. The number of ether oxygens (including phenoxy) is 4.